The van der Waals surface area contributed by atoms with E-state index in [1.54, 1.807) is 13.8 Å². The quantitative estimate of drug-likeness (QED) is 0.480. The third-order valence-electron chi connectivity index (χ3n) is 5.99. The molecule has 178 valence electrons. The van der Waals surface area contributed by atoms with E-state index in [1.807, 2.05) is 23.9 Å². The molecule has 5 rings (SSSR count). The van der Waals surface area contributed by atoms with Gasteiger partial charge in [0.25, 0.3) is 5.56 Å². The van der Waals surface area contributed by atoms with Gasteiger partial charge >= 0.3 is 0 Å². The molecule has 0 fully saturated rings. The summed E-state index contributed by atoms with van der Waals surface area (Å²) in [6, 6.07) is 7.20. The van der Waals surface area contributed by atoms with E-state index in [0.717, 1.165) is 37.6 Å². The van der Waals surface area contributed by atoms with Gasteiger partial charge in [-0.15, -0.1) is 0 Å². The smallest absolute Gasteiger partial charge is 0.269 e. The minimum Gasteiger partial charge on any atom is -0.307 e. The number of nitrogens with one attached hydrogen (secondary N) is 1. The first-order valence-electron chi connectivity index (χ1n) is 11.1. The molecule has 0 saturated heterocycles. The molecular weight excluding hydrogens is 454 g/mol. The molecule has 11 heteroatoms. The van der Waals surface area contributed by atoms with E-state index in [-0.39, 0.29) is 39.7 Å². The van der Waals surface area contributed by atoms with Crippen LogP contribution in [-0.4, -0.2) is 42.8 Å². The number of anilines is 2. The number of aromatic nitrogens is 5. The average molecular weight is 476 g/mol. The number of benzene rings is 1. The monoisotopic (exact) mass is 476 g/mol. The fourth-order valence-corrected chi connectivity index (χ4v) is 4.32. The highest BCUT2D eigenvalue weighted by atomic mass is 19.1. The number of fused-ring (bicyclic) bond motifs is 2. The Labute approximate surface area is 199 Å². The van der Waals surface area contributed by atoms with Gasteiger partial charge in [-0.2, -0.15) is 10.4 Å². The van der Waals surface area contributed by atoms with Crippen molar-refractivity contribution in [1.82, 2.24) is 29.2 Å². The highest BCUT2D eigenvalue weighted by Gasteiger charge is 2.20. The molecule has 0 bridgehead atoms. The van der Waals surface area contributed by atoms with Crippen LogP contribution in [0.2, 0.25) is 0 Å². The zero-order chi connectivity index (χ0) is 24.9. The van der Waals surface area contributed by atoms with Crippen molar-refractivity contribution in [3.05, 3.63) is 63.7 Å². The van der Waals surface area contributed by atoms with E-state index in [4.69, 9.17) is 0 Å². The molecular formula is C24H22F2N8O. The van der Waals surface area contributed by atoms with Crippen LogP contribution in [0.3, 0.4) is 0 Å². The Morgan fingerprint density at radius 1 is 1.14 bits per heavy atom. The fourth-order valence-electron chi connectivity index (χ4n) is 4.32. The van der Waals surface area contributed by atoms with E-state index in [1.165, 1.54) is 16.7 Å². The second-order valence-electron chi connectivity index (χ2n) is 8.83. The summed E-state index contributed by atoms with van der Waals surface area (Å²) in [5.74, 6) is -0.809. The lowest BCUT2D eigenvalue weighted by atomic mass is 10.0. The van der Waals surface area contributed by atoms with Crippen LogP contribution in [0, 0.1) is 23.0 Å². The normalized spacial score (nSPS) is 13.7. The first kappa shape index (κ1) is 22.6. The summed E-state index contributed by atoms with van der Waals surface area (Å²) in [5, 5.41) is 16.9. The predicted octanol–water partition coefficient (Wildman–Crippen LogP) is 3.57. The summed E-state index contributed by atoms with van der Waals surface area (Å²) in [5.41, 5.74) is 0.598. The Kier molecular flexibility index (Phi) is 5.53. The van der Waals surface area contributed by atoms with Crippen LogP contribution in [0.5, 0.6) is 0 Å². The van der Waals surface area contributed by atoms with Gasteiger partial charge in [0, 0.05) is 36.1 Å². The van der Waals surface area contributed by atoms with Crippen molar-refractivity contribution in [1.29, 1.82) is 5.26 Å². The van der Waals surface area contributed by atoms with Crippen molar-refractivity contribution in [2.45, 2.75) is 33.0 Å². The molecule has 0 spiro atoms. The third kappa shape index (κ3) is 4.02. The van der Waals surface area contributed by atoms with Gasteiger partial charge in [-0.25, -0.2) is 18.7 Å². The number of pyridine rings is 1. The molecule has 1 aliphatic heterocycles. The molecule has 0 atom stereocenters. The lowest BCUT2D eigenvalue weighted by Gasteiger charge is -2.22. The molecule has 35 heavy (non-hydrogen) atoms. The van der Waals surface area contributed by atoms with Crippen molar-refractivity contribution in [2.75, 3.05) is 18.9 Å². The second-order valence-corrected chi connectivity index (χ2v) is 8.83. The van der Waals surface area contributed by atoms with E-state index in [9.17, 15) is 14.4 Å². The fraction of sp³-hybridized carbons (Fsp3) is 0.292. The van der Waals surface area contributed by atoms with E-state index < -0.39 is 17.2 Å². The number of hydrogen-bond acceptors (Lipinski definition) is 7. The van der Waals surface area contributed by atoms with Crippen LogP contribution in [0.4, 0.5) is 20.5 Å². The number of rotatable bonds is 4. The molecule has 0 saturated carbocycles. The summed E-state index contributed by atoms with van der Waals surface area (Å²) in [4.78, 5) is 23.2. The first-order valence-corrected chi connectivity index (χ1v) is 11.1. The number of halogens is 2. The van der Waals surface area contributed by atoms with E-state index in [0.29, 0.717) is 5.82 Å². The summed E-state index contributed by atoms with van der Waals surface area (Å²) in [6.07, 6.45) is 1.00. The molecule has 0 radical (unpaired) electrons. The molecule has 3 aromatic heterocycles. The standard InChI is InChI=1S/C24H22F2N8O/c1-13(2)34-20-8-14(7-18(25)17(20)6-15(10-27)23(34)35)22-19(26)11-28-24(30-22)29-21-9-16-12-32(3)4-5-33(16)31-21/h6-9,11,13H,4-5,12H2,1-3H3,(H,28,29,30,31). The molecule has 9 nitrogen and oxygen atoms in total. The topological polar surface area (TPSA) is 105 Å². The van der Waals surface area contributed by atoms with Crippen LogP contribution in [0.25, 0.3) is 22.2 Å². The Balaban J connectivity index is 1.59. The summed E-state index contributed by atoms with van der Waals surface area (Å²) >= 11 is 0. The van der Waals surface area contributed by atoms with Crippen molar-refractivity contribution >= 4 is 22.7 Å². The number of hydrogen-bond donors (Lipinski definition) is 1. The van der Waals surface area contributed by atoms with E-state index >= 15 is 4.39 Å². The molecule has 0 amide bonds. The van der Waals surface area contributed by atoms with Gasteiger partial charge in [-0.3, -0.25) is 14.4 Å². The van der Waals surface area contributed by atoms with Gasteiger partial charge in [0.2, 0.25) is 5.95 Å². The van der Waals surface area contributed by atoms with Gasteiger partial charge in [-0.05, 0) is 39.1 Å². The molecule has 1 aromatic carbocycles. The number of nitriles is 1. The van der Waals surface area contributed by atoms with Crippen molar-refractivity contribution in [3.63, 3.8) is 0 Å². The van der Waals surface area contributed by atoms with Gasteiger partial charge in [0.05, 0.1) is 24.0 Å². The van der Waals surface area contributed by atoms with Crippen LogP contribution in [0.1, 0.15) is 31.1 Å². The predicted molar refractivity (Wildman–Crippen MR) is 126 cm³/mol. The molecule has 0 unspecified atom stereocenters. The van der Waals surface area contributed by atoms with E-state index in [2.05, 4.69) is 25.3 Å². The maximum atomic E-state index is 15.1. The first-order chi connectivity index (χ1) is 16.7. The summed E-state index contributed by atoms with van der Waals surface area (Å²) < 4.78 is 33.2. The Morgan fingerprint density at radius 3 is 2.69 bits per heavy atom. The third-order valence-corrected chi connectivity index (χ3v) is 5.99. The highest BCUT2D eigenvalue weighted by Crippen LogP contribution is 2.29. The number of nitrogens with zero attached hydrogens (tertiary/aromatic N) is 7. The Bertz CT molecular complexity index is 1570. The van der Waals surface area contributed by atoms with Crippen LogP contribution < -0.4 is 10.9 Å². The highest BCUT2D eigenvalue weighted by molar-refractivity contribution is 5.86. The van der Waals surface area contributed by atoms with Crippen molar-refractivity contribution in [3.8, 4) is 17.3 Å². The summed E-state index contributed by atoms with van der Waals surface area (Å²) in [6.45, 7) is 5.90. The Morgan fingerprint density at radius 2 is 1.94 bits per heavy atom. The maximum Gasteiger partial charge on any atom is 0.269 e. The molecule has 4 heterocycles. The molecule has 0 aliphatic carbocycles. The minimum atomic E-state index is -0.743. The van der Waals surface area contributed by atoms with Gasteiger partial charge in [-0.1, -0.05) is 0 Å². The Hall–Kier alpha value is -4.17. The molecule has 1 N–H and O–H groups in total. The molecule has 4 aromatic rings. The largest absolute Gasteiger partial charge is 0.307 e. The SMILES string of the molecule is CC(C)n1c(=O)c(C#N)cc2c(F)cc(-c3nc(Nc4cc5n(n4)CCN(C)C5)ncc3F)cc21. The average Bonchev–Trinajstić information content (AvgIpc) is 3.20. The second kappa shape index (κ2) is 8.56. The van der Waals surface area contributed by atoms with Gasteiger partial charge in [0.15, 0.2) is 11.6 Å². The van der Waals surface area contributed by atoms with Crippen molar-refractivity contribution < 1.29 is 8.78 Å². The zero-order valence-electron chi connectivity index (χ0n) is 19.4. The minimum absolute atomic E-state index is 0.0972. The lowest BCUT2D eigenvalue weighted by molar-refractivity contribution is 0.259. The summed E-state index contributed by atoms with van der Waals surface area (Å²) in [7, 11) is 2.03. The van der Waals surface area contributed by atoms with Crippen LogP contribution in [0.15, 0.2) is 35.3 Å². The zero-order valence-corrected chi connectivity index (χ0v) is 19.4. The van der Waals surface area contributed by atoms with Gasteiger partial charge < -0.3 is 9.88 Å². The van der Waals surface area contributed by atoms with Crippen LogP contribution >= 0.6 is 0 Å². The molecule has 1 aliphatic rings. The lowest BCUT2D eigenvalue weighted by Crippen LogP contribution is -2.30. The van der Waals surface area contributed by atoms with Gasteiger partial charge in [0.1, 0.15) is 23.1 Å². The maximum absolute atomic E-state index is 15.1. The van der Waals surface area contributed by atoms with Crippen LogP contribution in [-0.2, 0) is 13.1 Å². The van der Waals surface area contributed by atoms with Crippen molar-refractivity contribution in [2.24, 2.45) is 0 Å². The number of likely N-dealkylation sites (N-methyl/N-ethyl adjacent to an activating group) is 1.